The number of guanidine groups is 2. The molecule has 2 aromatic rings. The van der Waals surface area contributed by atoms with Crippen LogP contribution in [0.5, 0.6) is 0 Å². The normalized spacial score (nSPS) is 15.9. The third kappa shape index (κ3) is 6.90. The number of nitrogens with zero attached hydrogens (tertiary/aromatic N) is 2. The minimum Gasteiger partial charge on any atom is -0.355 e. The highest BCUT2D eigenvalue weighted by Crippen LogP contribution is 2.28. The minimum absolute atomic E-state index is 0.0413. The Kier molecular flexibility index (Phi) is 8.17. The van der Waals surface area contributed by atoms with Crippen LogP contribution in [0.1, 0.15) is 28.3 Å². The number of carbonyl (C=O) groups is 3. The third-order valence-corrected chi connectivity index (χ3v) is 5.43. The number of nitrogens with two attached hydrogens (primary N) is 2. The van der Waals surface area contributed by atoms with Crippen LogP contribution in [0, 0.1) is 0 Å². The molecule has 0 spiro atoms. The quantitative estimate of drug-likeness (QED) is 0.197. The van der Waals surface area contributed by atoms with Gasteiger partial charge in [0.2, 0.25) is 5.91 Å². The standard InChI is InChI=1S/C24H28N8O3/c1-3-20(33)32-13-12-17(14-32)15-4-8-19(9-5-15)29-24(35)31-23(26)30-22(25)28-18-10-6-16(7-11-18)21(34)27-2/h3-11,17H,1,12-14H2,2H3,(H,27,34)(H6,25,26,28,29,30,31,35)/p+1. The van der Waals surface area contributed by atoms with Gasteiger partial charge < -0.3 is 21.7 Å². The van der Waals surface area contributed by atoms with E-state index in [0.29, 0.717) is 30.0 Å². The second-order valence-electron chi connectivity index (χ2n) is 7.84. The van der Waals surface area contributed by atoms with Gasteiger partial charge in [0.1, 0.15) is 5.69 Å². The van der Waals surface area contributed by atoms with Crippen molar-refractivity contribution in [2.45, 2.75) is 12.3 Å². The number of likely N-dealkylation sites (tertiary alicyclic amines) is 1. The second-order valence-corrected chi connectivity index (χ2v) is 7.84. The van der Waals surface area contributed by atoms with Gasteiger partial charge in [-0.05, 0) is 54.5 Å². The Hall–Kier alpha value is -4.67. The van der Waals surface area contributed by atoms with Crippen LogP contribution in [0.25, 0.3) is 0 Å². The zero-order chi connectivity index (χ0) is 25.4. The molecule has 1 saturated heterocycles. The van der Waals surface area contributed by atoms with E-state index in [0.717, 1.165) is 12.0 Å². The number of anilines is 1. The van der Waals surface area contributed by atoms with Crippen molar-refractivity contribution in [3.63, 3.8) is 0 Å². The summed E-state index contributed by atoms with van der Waals surface area (Å²) < 4.78 is 0. The van der Waals surface area contributed by atoms with Gasteiger partial charge in [0.05, 0.1) is 0 Å². The van der Waals surface area contributed by atoms with Crippen LogP contribution in [0.2, 0.25) is 0 Å². The van der Waals surface area contributed by atoms with Crippen molar-refractivity contribution in [3.8, 4) is 0 Å². The van der Waals surface area contributed by atoms with Crippen LogP contribution in [0.4, 0.5) is 16.2 Å². The van der Waals surface area contributed by atoms with E-state index in [4.69, 9.17) is 11.5 Å². The Morgan fingerprint density at radius 1 is 1.11 bits per heavy atom. The highest BCUT2D eigenvalue weighted by atomic mass is 16.2. The Balaban J connectivity index is 1.53. The molecule has 3 rings (SSSR count). The summed E-state index contributed by atoms with van der Waals surface area (Å²) in [7, 11) is 1.55. The average molecular weight is 478 g/mol. The second kappa shape index (κ2) is 11.5. The topological polar surface area (TPSA) is 169 Å². The van der Waals surface area contributed by atoms with Crippen LogP contribution in [0.3, 0.4) is 0 Å². The van der Waals surface area contributed by atoms with E-state index in [9.17, 15) is 14.4 Å². The summed E-state index contributed by atoms with van der Waals surface area (Å²) in [6.45, 7) is 4.88. The summed E-state index contributed by atoms with van der Waals surface area (Å²) >= 11 is 0. The highest BCUT2D eigenvalue weighted by molar-refractivity contribution is 6.01. The van der Waals surface area contributed by atoms with Crippen molar-refractivity contribution >= 4 is 41.1 Å². The molecule has 4 amide bonds. The molecule has 182 valence electrons. The first kappa shape index (κ1) is 25.0. The largest absolute Gasteiger partial charge is 0.360 e. The fourth-order valence-corrected chi connectivity index (χ4v) is 3.65. The summed E-state index contributed by atoms with van der Waals surface area (Å²) in [5, 5.41) is 7.65. The van der Waals surface area contributed by atoms with Crippen molar-refractivity contribution in [1.29, 1.82) is 0 Å². The van der Waals surface area contributed by atoms with Crippen LogP contribution in [0.15, 0.2) is 66.2 Å². The first-order valence-electron chi connectivity index (χ1n) is 10.9. The van der Waals surface area contributed by atoms with Gasteiger partial charge in [0, 0.05) is 37.3 Å². The number of hydrogen-bond acceptors (Lipinski definition) is 4. The minimum atomic E-state index is -0.561. The van der Waals surface area contributed by atoms with E-state index in [1.165, 1.54) is 6.08 Å². The number of hydrogen-bond donors (Lipinski definition) is 6. The number of amides is 4. The van der Waals surface area contributed by atoms with Gasteiger partial charge >= 0.3 is 12.0 Å². The summed E-state index contributed by atoms with van der Waals surface area (Å²) in [5.41, 5.74) is 14.3. The van der Waals surface area contributed by atoms with Crippen molar-refractivity contribution < 1.29 is 19.4 Å². The van der Waals surface area contributed by atoms with E-state index >= 15 is 0 Å². The SMILES string of the molecule is C=CC(=O)N1CCC(c2ccc(NC(=O)N/C(N)=[NH+]\C(N)=Nc3ccc(C(=O)NC)cc3)cc2)C1. The average Bonchev–Trinajstić information content (AvgIpc) is 3.34. The smallest absolute Gasteiger partial charge is 0.355 e. The molecule has 2 aromatic carbocycles. The van der Waals surface area contributed by atoms with Crippen LogP contribution < -0.4 is 32.4 Å². The lowest BCUT2D eigenvalue weighted by Gasteiger charge is -2.14. The molecule has 1 aliphatic rings. The van der Waals surface area contributed by atoms with Gasteiger partial charge in [0.25, 0.3) is 11.9 Å². The Morgan fingerprint density at radius 3 is 2.43 bits per heavy atom. The summed E-state index contributed by atoms with van der Waals surface area (Å²) in [4.78, 5) is 44.1. The lowest BCUT2D eigenvalue weighted by Crippen LogP contribution is -2.85. The first-order chi connectivity index (χ1) is 16.8. The third-order valence-electron chi connectivity index (χ3n) is 5.43. The van der Waals surface area contributed by atoms with E-state index in [1.807, 2.05) is 12.1 Å². The summed E-state index contributed by atoms with van der Waals surface area (Å²) in [5.74, 6) is -0.174. The molecular formula is C24H29N8O3+. The Labute approximate surface area is 203 Å². The molecule has 1 aliphatic heterocycles. The molecule has 1 fully saturated rings. The number of nitrogens with one attached hydrogen (secondary N) is 4. The van der Waals surface area contributed by atoms with Crippen LogP contribution in [-0.4, -0.2) is 54.8 Å². The van der Waals surface area contributed by atoms with Gasteiger partial charge in [-0.3, -0.25) is 14.9 Å². The first-order valence-corrected chi connectivity index (χ1v) is 10.9. The Bertz CT molecular complexity index is 1160. The molecule has 1 heterocycles. The maximum Gasteiger partial charge on any atom is 0.360 e. The lowest BCUT2D eigenvalue weighted by atomic mass is 9.98. The van der Waals surface area contributed by atoms with E-state index in [2.05, 4.69) is 32.5 Å². The zero-order valence-corrected chi connectivity index (χ0v) is 19.4. The predicted octanol–water partition coefficient (Wildman–Crippen LogP) is -0.289. The molecular weight excluding hydrogens is 448 g/mol. The van der Waals surface area contributed by atoms with Crippen molar-refractivity contribution in [1.82, 2.24) is 15.5 Å². The van der Waals surface area contributed by atoms with Crippen molar-refractivity contribution in [3.05, 3.63) is 72.3 Å². The number of carbonyl (C=O) groups excluding carboxylic acids is 3. The number of benzene rings is 2. The molecule has 0 bridgehead atoms. The number of rotatable bonds is 5. The molecule has 11 heteroatoms. The monoisotopic (exact) mass is 477 g/mol. The number of aliphatic imine (C=N–C) groups is 1. The Morgan fingerprint density at radius 2 is 1.80 bits per heavy atom. The fraction of sp³-hybridized carbons (Fsp3) is 0.208. The van der Waals surface area contributed by atoms with Crippen molar-refractivity contribution in [2.75, 3.05) is 25.5 Å². The molecule has 0 aliphatic carbocycles. The van der Waals surface area contributed by atoms with Crippen LogP contribution in [-0.2, 0) is 4.79 Å². The molecule has 0 aromatic heterocycles. The highest BCUT2D eigenvalue weighted by Gasteiger charge is 2.25. The van der Waals surface area contributed by atoms with E-state index in [1.54, 1.807) is 48.3 Å². The van der Waals surface area contributed by atoms with E-state index < -0.39 is 6.03 Å². The van der Waals surface area contributed by atoms with Gasteiger partial charge in [-0.15, -0.1) is 4.99 Å². The summed E-state index contributed by atoms with van der Waals surface area (Å²) in [6, 6.07) is 13.3. The zero-order valence-electron chi connectivity index (χ0n) is 19.4. The molecule has 1 unspecified atom stereocenters. The fourth-order valence-electron chi connectivity index (χ4n) is 3.65. The maximum atomic E-state index is 12.2. The molecule has 0 saturated carbocycles. The molecule has 35 heavy (non-hydrogen) atoms. The molecule has 1 atom stereocenters. The van der Waals surface area contributed by atoms with E-state index in [-0.39, 0.29) is 29.7 Å². The molecule has 8 N–H and O–H groups in total. The molecule has 0 radical (unpaired) electrons. The van der Waals surface area contributed by atoms with Gasteiger partial charge in [0.15, 0.2) is 0 Å². The molecule has 11 nitrogen and oxygen atoms in total. The number of urea groups is 1. The summed E-state index contributed by atoms with van der Waals surface area (Å²) in [6.07, 6.45) is 2.21. The maximum absolute atomic E-state index is 12.2. The predicted molar refractivity (Wildman–Crippen MR) is 134 cm³/mol. The van der Waals surface area contributed by atoms with Crippen molar-refractivity contribution in [2.24, 2.45) is 16.5 Å². The lowest BCUT2D eigenvalue weighted by molar-refractivity contribution is -0.321. The van der Waals surface area contributed by atoms with Gasteiger partial charge in [-0.25, -0.2) is 15.1 Å². The van der Waals surface area contributed by atoms with Crippen LogP contribution >= 0.6 is 0 Å². The van der Waals surface area contributed by atoms with Gasteiger partial charge in [-0.2, -0.15) is 0 Å². The van der Waals surface area contributed by atoms with Gasteiger partial charge in [-0.1, -0.05) is 18.7 Å².